The summed E-state index contributed by atoms with van der Waals surface area (Å²) in [4.78, 5) is 28.9. The molecule has 3 N–H and O–H groups in total. The highest BCUT2D eigenvalue weighted by Crippen LogP contribution is 2.04. The lowest BCUT2D eigenvalue weighted by molar-refractivity contribution is -0.141. The van der Waals surface area contributed by atoms with Crippen molar-refractivity contribution in [2.75, 3.05) is 32.5 Å². The molecule has 1 atom stereocenters. The minimum atomic E-state index is -1.03. The van der Waals surface area contributed by atoms with E-state index in [-0.39, 0.29) is 12.3 Å². The summed E-state index contributed by atoms with van der Waals surface area (Å²) in [5.74, 6) is -1.38. The molecule has 0 aromatic carbocycles. The number of carboxylic acids is 1. The first-order chi connectivity index (χ1) is 9.99. The van der Waals surface area contributed by atoms with Crippen molar-refractivity contribution in [2.45, 2.75) is 18.9 Å². The number of rotatable bonds is 9. The standard InChI is InChI=1S/C14H22N4O3/c1-18(2)8-4-7-16-12(14(20)21)9-13(19)17-11-5-3-6-15-10-11/h3,5-6,10,12,16H,4,7-9H2,1-2H3,(H,17,19)(H,20,21)/t12-/m1/s1. The number of carboxylic acid groups (broad SMARTS) is 1. The lowest BCUT2D eigenvalue weighted by atomic mass is 10.2. The van der Waals surface area contributed by atoms with E-state index in [4.69, 9.17) is 5.11 Å². The number of carbonyl (C=O) groups excluding carboxylic acids is 1. The summed E-state index contributed by atoms with van der Waals surface area (Å²) in [6, 6.07) is 2.51. The molecule has 7 nitrogen and oxygen atoms in total. The molecule has 21 heavy (non-hydrogen) atoms. The van der Waals surface area contributed by atoms with Gasteiger partial charge >= 0.3 is 5.97 Å². The number of amides is 1. The average Bonchev–Trinajstić information content (AvgIpc) is 2.42. The summed E-state index contributed by atoms with van der Waals surface area (Å²) in [6.07, 6.45) is 3.81. The van der Waals surface area contributed by atoms with Gasteiger partial charge in [0, 0.05) is 6.20 Å². The largest absolute Gasteiger partial charge is 0.480 e. The van der Waals surface area contributed by atoms with Crippen molar-refractivity contribution in [2.24, 2.45) is 0 Å². The second kappa shape index (κ2) is 9.04. The molecule has 0 spiro atoms. The Bertz CT molecular complexity index is 451. The van der Waals surface area contributed by atoms with Crippen molar-refractivity contribution in [3.8, 4) is 0 Å². The van der Waals surface area contributed by atoms with Crippen LogP contribution in [0.5, 0.6) is 0 Å². The second-order valence-corrected chi connectivity index (χ2v) is 5.00. The van der Waals surface area contributed by atoms with E-state index >= 15 is 0 Å². The van der Waals surface area contributed by atoms with Crippen LogP contribution in [0.1, 0.15) is 12.8 Å². The van der Waals surface area contributed by atoms with E-state index in [1.165, 1.54) is 6.20 Å². The maximum absolute atomic E-state index is 11.8. The van der Waals surface area contributed by atoms with Gasteiger partial charge in [0.15, 0.2) is 0 Å². The van der Waals surface area contributed by atoms with Crippen molar-refractivity contribution in [3.63, 3.8) is 0 Å². The lowest BCUT2D eigenvalue weighted by Crippen LogP contribution is -2.40. The van der Waals surface area contributed by atoms with Crippen molar-refractivity contribution in [3.05, 3.63) is 24.5 Å². The maximum atomic E-state index is 11.8. The van der Waals surface area contributed by atoms with Crippen molar-refractivity contribution < 1.29 is 14.7 Å². The Hall–Kier alpha value is -1.99. The van der Waals surface area contributed by atoms with Crippen LogP contribution in [-0.4, -0.2) is 60.1 Å². The van der Waals surface area contributed by atoms with Crippen LogP contribution in [0.15, 0.2) is 24.5 Å². The van der Waals surface area contributed by atoms with Gasteiger partial charge in [0.1, 0.15) is 6.04 Å². The average molecular weight is 294 g/mol. The smallest absolute Gasteiger partial charge is 0.321 e. The summed E-state index contributed by atoms with van der Waals surface area (Å²) in [6.45, 7) is 1.41. The van der Waals surface area contributed by atoms with E-state index in [9.17, 15) is 9.59 Å². The van der Waals surface area contributed by atoms with E-state index < -0.39 is 12.0 Å². The summed E-state index contributed by atoms with van der Waals surface area (Å²) in [5, 5.41) is 14.6. The fourth-order valence-electron chi connectivity index (χ4n) is 1.75. The summed E-state index contributed by atoms with van der Waals surface area (Å²) in [5.41, 5.74) is 0.555. The van der Waals surface area contributed by atoms with E-state index in [0.717, 1.165) is 13.0 Å². The first-order valence-electron chi connectivity index (χ1n) is 6.80. The molecule has 1 amide bonds. The quantitative estimate of drug-likeness (QED) is 0.571. The Morgan fingerprint density at radius 3 is 2.76 bits per heavy atom. The Morgan fingerprint density at radius 2 is 2.19 bits per heavy atom. The van der Waals surface area contributed by atoms with Gasteiger partial charge in [-0.3, -0.25) is 14.6 Å². The molecule has 0 bridgehead atoms. The molecule has 7 heteroatoms. The predicted octanol–water partition coefficient (Wildman–Crippen LogP) is 0.405. The number of nitrogens with zero attached hydrogens (tertiary/aromatic N) is 2. The highest BCUT2D eigenvalue weighted by molar-refractivity contribution is 5.93. The number of anilines is 1. The molecule has 1 aromatic rings. The van der Waals surface area contributed by atoms with Crippen LogP contribution in [-0.2, 0) is 9.59 Å². The lowest BCUT2D eigenvalue weighted by Gasteiger charge is -2.15. The maximum Gasteiger partial charge on any atom is 0.321 e. The number of pyridine rings is 1. The number of aromatic nitrogens is 1. The summed E-state index contributed by atoms with van der Waals surface area (Å²) < 4.78 is 0. The van der Waals surface area contributed by atoms with Gasteiger partial charge < -0.3 is 20.6 Å². The predicted molar refractivity (Wildman–Crippen MR) is 80.1 cm³/mol. The van der Waals surface area contributed by atoms with Crippen LogP contribution >= 0.6 is 0 Å². The molecule has 0 fully saturated rings. The topological polar surface area (TPSA) is 94.6 Å². The van der Waals surface area contributed by atoms with Gasteiger partial charge in [0.2, 0.25) is 5.91 Å². The van der Waals surface area contributed by atoms with Gasteiger partial charge in [-0.05, 0) is 45.7 Å². The van der Waals surface area contributed by atoms with Gasteiger partial charge in [0.25, 0.3) is 0 Å². The zero-order valence-electron chi connectivity index (χ0n) is 12.4. The molecule has 1 heterocycles. The van der Waals surface area contributed by atoms with Crippen LogP contribution in [0.3, 0.4) is 0 Å². The van der Waals surface area contributed by atoms with Gasteiger partial charge in [0.05, 0.1) is 18.3 Å². The molecule has 0 saturated carbocycles. The normalized spacial score (nSPS) is 12.1. The molecule has 1 aromatic heterocycles. The summed E-state index contributed by atoms with van der Waals surface area (Å²) in [7, 11) is 3.91. The Labute approximate surface area is 124 Å². The molecule has 116 valence electrons. The van der Waals surface area contributed by atoms with Crippen molar-refractivity contribution in [1.29, 1.82) is 0 Å². The monoisotopic (exact) mass is 294 g/mol. The molecule has 0 radical (unpaired) electrons. The molecule has 0 aliphatic heterocycles. The number of carbonyl (C=O) groups is 2. The van der Waals surface area contributed by atoms with Gasteiger partial charge in [-0.1, -0.05) is 0 Å². The van der Waals surface area contributed by atoms with E-state index in [1.807, 2.05) is 19.0 Å². The SMILES string of the molecule is CN(C)CCCN[C@H](CC(=O)Nc1cccnc1)C(=O)O. The fraction of sp³-hybridized carbons (Fsp3) is 0.500. The number of hydrogen-bond acceptors (Lipinski definition) is 5. The van der Waals surface area contributed by atoms with E-state index in [0.29, 0.717) is 12.2 Å². The van der Waals surface area contributed by atoms with Crippen LogP contribution < -0.4 is 10.6 Å². The van der Waals surface area contributed by atoms with E-state index in [1.54, 1.807) is 18.3 Å². The van der Waals surface area contributed by atoms with E-state index in [2.05, 4.69) is 15.6 Å². The number of nitrogens with one attached hydrogen (secondary N) is 2. The summed E-state index contributed by atoms with van der Waals surface area (Å²) >= 11 is 0. The highest BCUT2D eigenvalue weighted by Gasteiger charge is 2.20. The molecule has 0 aliphatic carbocycles. The van der Waals surface area contributed by atoms with Crippen LogP contribution in [0.4, 0.5) is 5.69 Å². The minimum absolute atomic E-state index is 0.119. The second-order valence-electron chi connectivity index (χ2n) is 5.00. The third kappa shape index (κ3) is 7.38. The number of hydrogen-bond donors (Lipinski definition) is 3. The fourth-order valence-corrected chi connectivity index (χ4v) is 1.75. The zero-order valence-corrected chi connectivity index (χ0v) is 12.4. The third-order valence-electron chi connectivity index (χ3n) is 2.81. The molecule has 0 unspecified atom stereocenters. The zero-order chi connectivity index (χ0) is 15.7. The minimum Gasteiger partial charge on any atom is -0.480 e. The molecule has 0 aliphatic rings. The molecule has 0 saturated heterocycles. The Balaban J connectivity index is 2.39. The molecule has 1 rings (SSSR count). The van der Waals surface area contributed by atoms with Crippen molar-refractivity contribution >= 4 is 17.6 Å². The van der Waals surface area contributed by atoms with Crippen molar-refractivity contribution in [1.82, 2.24) is 15.2 Å². The van der Waals surface area contributed by atoms with Crippen LogP contribution in [0.25, 0.3) is 0 Å². The third-order valence-corrected chi connectivity index (χ3v) is 2.81. The van der Waals surface area contributed by atoms with Crippen LogP contribution in [0, 0.1) is 0 Å². The first kappa shape index (κ1) is 17.1. The van der Waals surface area contributed by atoms with Crippen LogP contribution in [0.2, 0.25) is 0 Å². The molecular weight excluding hydrogens is 272 g/mol. The first-order valence-corrected chi connectivity index (χ1v) is 6.80. The van der Waals surface area contributed by atoms with Gasteiger partial charge in [-0.15, -0.1) is 0 Å². The Morgan fingerprint density at radius 1 is 1.43 bits per heavy atom. The highest BCUT2D eigenvalue weighted by atomic mass is 16.4. The van der Waals surface area contributed by atoms with Gasteiger partial charge in [-0.2, -0.15) is 0 Å². The number of aliphatic carboxylic acids is 1. The van der Waals surface area contributed by atoms with Gasteiger partial charge in [-0.25, -0.2) is 0 Å². The Kier molecular flexibility index (Phi) is 7.34. The molecular formula is C14H22N4O3.